The molecule has 0 aliphatic carbocycles. The zero-order chi connectivity index (χ0) is 24.8. The summed E-state index contributed by atoms with van der Waals surface area (Å²) in [6.07, 6.45) is 2.07. The third-order valence-corrected chi connectivity index (χ3v) is 8.24. The Bertz CT molecular complexity index is 1010. The Hall–Kier alpha value is -2.23. The number of amidine groups is 1. The molecule has 1 aliphatic rings. The Morgan fingerprint density at radius 1 is 0.794 bits per heavy atom. The second-order valence-electron chi connectivity index (χ2n) is 10.2. The molecule has 2 amide bonds. The third-order valence-electron chi connectivity index (χ3n) is 6.24. The molecule has 0 radical (unpaired) electrons. The van der Waals surface area contributed by atoms with Crippen LogP contribution in [0.15, 0.2) is 53.5 Å². The van der Waals surface area contributed by atoms with E-state index < -0.39 is 0 Å². The molecule has 1 aliphatic heterocycles. The molecule has 0 bridgehead atoms. The van der Waals surface area contributed by atoms with E-state index in [-0.39, 0.29) is 38.6 Å². The van der Waals surface area contributed by atoms with Crippen LogP contribution in [0.2, 0.25) is 5.32 Å². The number of rotatable bonds is 8. The molecular formula is C29H38N2O2Se. The molecule has 2 aromatic carbocycles. The summed E-state index contributed by atoms with van der Waals surface area (Å²) < 4.78 is 0.675. The number of carbonyl (C=O) groups excluding carboxylic acids is 2. The van der Waals surface area contributed by atoms with Crippen molar-refractivity contribution in [3.05, 3.63) is 70.8 Å². The average Bonchev–Trinajstić information content (AvgIpc) is 3.26. The van der Waals surface area contributed by atoms with E-state index in [1.807, 2.05) is 26.0 Å². The van der Waals surface area contributed by atoms with E-state index in [9.17, 15) is 9.59 Å². The standard InChI is InChI=1S/C29H38N2O2Se/c1-19(2)17-23-7-11-25(12-8-23)21(5)27(32)30-29-31(15-16-34-29)28(33)22(6)26-13-9-24(10-14-26)18-20(3)4/h7-14,19-22H,15-18H2,1-6H3/t21-,22-/m1/s1. The molecule has 0 unspecified atom stereocenters. The van der Waals surface area contributed by atoms with Crippen molar-refractivity contribution in [3.8, 4) is 0 Å². The minimum atomic E-state index is -0.320. The maximum atomic E-state index is 13.3. The van der Waals surface area contributed by atoms with Gasteiger partial charge in [-0.1, -0.05) is 0 Å². The molecule has 5 heteroatoms. The van der Waals surface area contributed by atoms with Gasteiger partial charge < -0.3 is 0 Å². The van der Waals surface area contributed by atoms with E-state index in [1.54, 1.807) is 4.90 Å². The van der Waals surface area contributed by atoms with E-state index in [0.717, 1.165) is 29.3 Å². The van der Waals surface area contributed by atoms with Crippen LogP contribution < -0.4 is 0 Å². The van der Waals surface area contributed by atoms with Crippen LogP contribution in [0.25, 0.3) is 0 Å². The molecule has 34 heavy (non-hydrogen) atoms. The summed E-state index contributed by atoms with van der Waals surface area (Å²) >= 11 is 0.0486. The number of carbonyl (C=O) groups is 2. The molecule has 4 nitrogen and oxygen atoms in total. The Labute approximate surface area is 211 Å². The summed E-state index contributed by atoms with van der Waals surface area (Å²) in [5.41, 5.74) is 4.56. The van der Waals surface area contributed by atoms with Gasteiger partial charge >= 0.3 is 212 Å². The molecule has 0 N–H and O–H groups in total. The van der Waals surface area contributed by atoms with Crippen molar-refractivity contribution in [3.63, 3.8) is 0 Å². The van der Waals surface area contributed by atoms with Crippen LogP contribution >= 0.6 is 0 Å². The first kappa shape index (κ1) is 26.4. The Morgan fingerprint density at radius 3 is 1.74 bits per heavy atom. The minimum absolute atomic E-state index is 0.0354. The van der Waals surface area contributed by atoms with Gasteiger partial charge in [0.05, 0.1) is 0 Å². The first-order chi connectivity index (χ1) is 16.2. The summed E-state index contributed by atoms with van der Waals surface area (Å²) in [7, 11) is 0. The molecule has 1 heterocycles. The SMILES string of the molecule is CC(C)Cc1ccc([C@@H](C)C(=O)N=C2[Se]CCN2C(=O)[C@H](C)c2ccc(CC(C)C)cc2)cc1. The van der Waals surface area contributed by atoms with E-state index in [1.165, 1.54) is 11.1 Å². The Morgan fingerprint density at radius 2 is 1.26 bits per heavy atom. The predicted molar refractivity (Wildman–Crippen MR) is 142 cm³/mol. The zero-order valence-corrected chi connectivity index (χ0v) is 23.1. The molecule has 2 atom stereocenters. The van der Waals surface area contributed by atoms with Crippen LogP contribution in [-0.4, -0.2) is 42.9 Å². The van der Waals surface area contributed by atoms with Gasteiger partial charge in [0.25, 0.3) is 0 Å². The van der Waals surface area contributed by atoms with Crippen molar-refractivity contribution in [2.45, 2.75) is 71.5 Å². The van der Waals surface area contributed by atoms with Gasteiger partial charge in [0.1, 0.15) is 0 Å². The molecule has 0 aromatic heterocycles. The van der Waals surface area contributed by atoms with Crippen molar-refractivity contribution < 1.29 is 9.59 Å². The quantitative estimate of drug-likeness (QED) is 0.407. The first-order valence-corrected chi connectivity index (χ1v) is 14.5. The van der Waals surface area contributed by atoms with Crippen LogP contribution in [0.4, 0.5) is 0 Å². The number of amides is 2. The van der Waals surface area contributed by atoms with Gasteiger partial charge in [-0.3, -0.25) is 0 Å². The molecule has 0 spiro atoms. The topological polar surface area (TPSA) is 49.7 Å². The number of aliphatic imine (C=N–C) groups is 1. The number of hydrogen-bond donors (Lipinski definition) is 0. The van der Waals surface area contributed by atoms with Gasteiger partial charge in [-0.05, 0) is 0 Å². The van der Waals surface area contributed by atoms with Crippen LogP contribution in [0.1, 0.15) is 75.6 Å². The van der Waals surface area contributed by atoms with Crippen molar-refractivity contribution in [2.75, 3.05) is 6.54 Å². The van der Waals surface area contributed by atoms with Gasteiger partial charge in [-0.2, -0.15) is 0 Å². The van der Waals surface area contributed by atoms with Crippen molar-refractivity contribution in [2.24, 2.45) is 16.8 Å². The molecule has 2 aromatic rings. The van der Waals surface area contributed by atoms with Crippen LogP contribution in [-0.2, 0) is 22.4 Å². The molecular weight excluding hydrogens is 487 g/mol. The fraction of sp³-hybridized carbons (Fsp3) is 0.483. The maximum absolute atomic E-state index is 13.3. The summed E-state index contributed by atoms with van der Waals surface area (Å²) in [4.78, 5) is 32.5. The van der Waals surface area contributed by atoms with E-state index in [4.69, 9.17) is 0 Å². The van der Waals surface area contributed by atoms with Crippen LogP contribution in [0, 0.1) is 11.8 Å². The van der Waals surface area contributed by atoms with Gasteiger partial charge in [0.2, 0.25) is 0 Å². The molecule has 1 saturated heterocycles. The van der Waals surface area contributed by atoms with Gasteiger partial charge in [-0.15, -0.1) is 0 Å². The normalized spacial score (nSPS) is 16.9. The van der Waals surface area contributed by atoms with Crippen molar-refractivity contribution in [1.29, 1.82) is 0 Å². The van der Waals surface area contributed by atoms with E-state index in [0.29, 0.717) is 23.1 Å². The van der Waals surface area contributed by atoms with Crippen molar-refractivity contribution >= 4 is 31.5 Å². The second kappa shape index (κ2) is 11.9. The number of nitrogens with zero attached hydrogens (tertiary/aromatic N) is 2. The third kappa shape index (κ3) is 6.90. The van der Waals surface area contributed by atoms with Gasteiger partial charge in [0.15, 0.2) is 0 Å². The fourth-order valence-corrected chi connectivity index (χ4v) is 6.23. The van der Waals surface area contributed by atoms with E-state index in [2.05, 4.69) is 69.1 Å². The first-order valence-electron chi connectivity index (χ1n) is 12.4. The summed E-state index contributed by atoms with van der Waals surface area (Å²) in [6.45, 7) is 13.3. The molecule has 1 fully saturated rings. The number of hydrogen-bond acceptors (Lipinski definition) is 2. The van der Waals surface area contributed by atoms with Crippen LogP contribution in [0.3, 0.4) is 0 Å². The summed E-state index contributed by atoms with van der Waals surface area (Å²) in [5, 5.41) is 0.906. The predicted octanol–water partition coefficient (Wildman–Crippen LogP) is 5.84. The molecule has 3 rings (SSSR count). The van der Waals surface area contributed by atoms with Crippen LogP contribution in [0.5, 0.6) is 0 Å². The average molecular weight is 526 g/mol. The number of benzene rings is 2. The Kier molecular flexibility index (Phi) is 9.27. The fourth-order valence-electron chi connectivity index (χ4n) is 4.24. The van der Waals surface area contributed by atoms with Crippen molar-refractivity contribution in [1.82, 2.24) is 4.90 Å². The summed E-state index contributed by atoms with van der Waals surface area (Å²) in [5.74, 6) is 0.499. The molecule has 182 valence electrons. The Balaban J connectivity index is 1.68. The zero-order valence-electron chi connectivity index (χ0n) is 21.4. The molecule has 0 saturated carbocycles. The van der Waals surface area contributed by atoms with Gasteiger partial charge in [-0.25, -0.2) is 0 Å². The van der Waals surface area contributed by atoms with Gasteiger partial charge in [0, 0.05) is 0 Å². The summed E-state index contributed by atoms with van der Waals surface area (Å²) in [6, 6.07) is 16.7. The second-order valence-corrected chi connectivity index (χ2v) is 12.4. The van der Waals surface area contributed by atoms with E-state index >= 15 is 0 Å². The monoisotopic (exact) mass is 526 g/mol.